The smallest absolute Gasteiger partial charge is 0.251 e. The van der Waals surface area contributed by atoms with Gasteiger partial charge in [0.25, 0.3) is 5.91 Å². The fourth-order valence-corrected chi connectivity index (χ4v) is 4.28. The quantitative estimate of drug-likeness (QED) is 0.747. The second-order valence-corrected chi connectivity index (χ2v) is 8.33. The van der Waals surface area contributed by atoms with Crippen molar-refractivity contribution in [2.45, 2.75) is 31.7 Å². The van der Waals surface area contributed by atoms with E-state index in [4.69, 9.17) is 11.6 Å². The fourth-order valence-electron chi connectivity index (χ4n) is 2.64. The van der Waals surface area contributed by atoms with Gasteiger partial charge in [-0.15, -0.1) is 0 Å². The van der Waals surface area contributed by atoms with Crippen LogP contribution in [0, 0.1) is 5.82 Å². The zero-order valence-electron chi connectivity index (χ0n) is 15.4. The van der Waals surface area contributed by atoms with Crippen molar-refractivity contribution in [2.75, 3.05) is 13.1 Å². The minimum absolute atomic E-state index is 0.0143. The first-order valence-corrected chi connectivity index (χ1v) is 10.4. The Kier molecular flexibility index (Phi) is 6.97. The Bertz CT molecular complexity index is 913. The summed E-state index contributed by atoms with van der Waals surface area (Å²) in [5.41, 5.74) is 0.990. The second-order valence-electron chi connectivity index (χ2n) is 5.98. The van der Waals surface area contributed by atoms with Crippen molar-refractivity contribution < 1.29 is 17.6 Å². The molecule has 0 radical (unpaired) electrons. The minimum Gasteiger partial charge on any atom is -0.346 e. The monoisotopic (exact) mass is 412 g/mol. The van der Waals surface area contributed by atoms with Crippen LogP contribution < -0.4 is 5.32 Å². The number of nitrogens with one attached hydrogen (secondary N) is 1. The molecule has 0 saturated heterocycles. The summed E-state index contributed by atoms with van der Waals surface area (Å²) in [6, 6.07) is 9.63. The van der Waals surface area contributed by atoms with Crippen LogP contribution in [0.4, 0.5) is 4.39 Å². The molecular formula is C19H22ClFN2O3S. The van der Waals surface area contributed by atoms with Crippen LogP contribution in [0.25, 0.3) is 0 Å². The normalized spacial score (nSPS) is 12.8. The fraction of sp³-hybridized carbons (Fsp3) is 0.316. The first kappa shape index (κ1) is 21.3. The zero-order chi connectivity index (χ0) is 20.2. The lowest BCUT2D eigenvalue weighted by atomic mass is 10.1. The van der Waals surface area contributed by atoms with Crippen molar-refractivity contribution in [2.24, 2.45) is 0 Å². The molecule has 1 unspecified atom stereocenters. The highest BCUT2D eigenvalue weighted by Crippen LogP contribution is 2.21. The summed E-state index contributed by atoms with van der Waals surface area (Å²) < 4.78 is 39.6. The molecule has 0 aliphatic heterocycles. The maximum atomic E-state index is 13.3. The van der Waals surface area contributed by atoms with Gasteiger partial charge in [0.15, 0.2) is 0 Å². The van der Waals surface area contributed by atoms with E-state index in [1.165, 1.54) is 40.7 Å². The minimum atomic E-state index is -3.57. The van der Waals surface area contributed by atoms with E-state index < -0.39 is 21.9 Å². The number of halogens is 2. The molecule has 2 rings (SSSR count). The molecule has 0 heterocycles. The van der Waals surface area contributed by atoms with E-state index >= 15 is 0 Å². The topological polar surface area (TPSA) is 66.5 Å². The van der Waals surface area contributed by atoms with E-state index in [0.717, 1.165) is 0 Å². The number of carbonyl (C=O) groups excluding carboxylic acids is 1. The summed E-state index contributed by atoms with van der Waals surface area (Å²) in [5, 5.41) is 2.77. The molecule has 0 aliphatic carbocycles. The molecule has 146 valence electrons. The molecule has 2 aromatic rings. The van der Waals surface area contributed by atoms with Crippen LogP contribution in [0.5, 0.6) is 0 Å². The molecule has 2 aromatic carbocycles. The van der Waals surface area contributed by atoms with Gasteiger partial charge in [-0.1, -0.05) is 31.5 Å². The second kappa shape index (κ2) is 8.82. The number of amides is 1. The average Bonchev–Trinajstić information content (AvgIpc) is 2.64. The first-order chi connectivity index (χ1) is 12.7. The van der Waals surface area contributed by atoms with Gasteiger partial charge in [-0.05, 0) is 48.9 Å². The van der Waals surface area contributed by atoms with E-state index in [0.29, 0.717) is 24.2 Å². The van der Waals surface area contributed by atoms with Crippen molar-refractivity contribution in [3.63, 3.8) is 0 Å². The zero-order valence-corrected chi connectivity index (χ0v) is 16.9. The maximum absolute atomic E-state index is 13.3. The standard InChI is InChI=1S/C19H22ClFN2O3S/c1-4-23(5-2)27(25,26)16-9-6-14(7-10-16)19(24)22-13(3)15-8-11-18(21)17(20)12-15/h6-13H,4-5H2,1-3H3,(H,22,24). The van der Waals surface area contributed by atoms with E-state index in [9.17, 15) is 17.6 Å². The number of nitrogens with zero attached hydrogens (tertiary/aromatic N) is 1. The molecule has 0 spiro atoms. The van der Waals surface area contributed by atoms with E-state index in [2.05, 4.69) is 5.32 Å². The molecule has 0 saturated carbocycles. The number of sulfonamides is 1. The van der Waals surface area contributed by atoms with Gasteiger partial charge < -0.3 is 5.32 Å². The number of benzene rings is 2. The predicted molar refractivity (Wildman–Crippen MR) is 104 cm³/mol. The molecule has 0 bridgehead atoms. The summed E-state index contributed by atoms with van der Waals surface area (Å²) in [4.78, 5) is 12.5. The molecule has 0 aromatic heterocycles. The van der Waals surface area contributed by atoms with Crippen LogP contribution in [0.2, 0.25) is 5.02 Å². The third-order valence-electron chi connectivity index (χ3n) is 4.25. The summed E-state index contributed by atoms with van der Waals surface area (Å²) in [7, 11) is -3.57. The Morgan fingerprint density at radius 2 is 1.74 bits per heavy atom. The lowest BCUT2D eigenvalue weighted by molar-refractivity contribution is 0.0939. The van der Waals surface area contributed by atoms with Gasteiger partial charge in [0.2, 0.25) is 10.0 Å². The van der Waals surface area contributed by atoms with Crippen LogP contribution in [0.15, 0.2) is 47.4 Å². The first-order valence-electron chi connectivity index (χ1n) is 8.56. The van der Waals surface area contributed by atoms with Crippen LogP contribution in [-0.2, 0) is 10.0 Å². The molecule has 5 nitrogen and oxygen atoms in total. The number of rotatable bonds is 7. The Balaban J connectivity index is 2.14. The highest BCUT2D eigenvalue weighted by molar-refractivity contribution is 7.89. The van der Waals surface area contributed by atoms with Gasteiger partial charge in [0, 0.05) is 18.7 Å². The van der Waals surface area contributed by atoms with Crippen LogP contribution in [-0.4, -0.2) is 31.7 Å². The Hall–Kier alpha value is -1.96. The SMILES string of the molecule is CCN(CC)S(=O)(=O)c1ccc(C(=O)NC(C)c2ccc(F)c(Cl)c2)cc1. The van der Waals surface area contributed by atoms with Crippen LogP contribution in [0.3, 0.4) is 0 Å². The van der Waals surface area contributed by atoms with Crippen molar-refractivity contribution in [3.05, 3.63) is 64.4 Å². The lowest BCUT2D eigenvalue weighted by Crippen LogP contribution is -2.30. The van der Waals surface area contributed by atoms with E-state index in [-0.39, 0.29) is 15.8 Å². The van der Waals surface area contributed by atoms with E-state index in [1.807, 2.05) is 0 Å². The average molecular weight is 413 g/mol. The number of carbonyl (C=O) groups is 1. The molecule has 1 atom stereocenters. The van der Waals surface area contributed by atoms with Crippen LogP contribution in [0.1, 0.15) is 42.7 Å². The lowest BCUT2D eigenvalue weighted by Gasteiger charge is -2.18. The number of hydrogen-bond donors (Lipinski definition) is 1. The van der Waals surface area contributed by atoms with Gasteiger partial charge >= 0.3 is 0 Å². The summed E-state index contributed by atoms with van der Waals surface area (Å²) >= 11 is 5.77. The maximum Gasteiger partial charge on any atom is 0.251 e. The third kappa shape index (κ3) is 4.86. The number of hydrogen-bond acceptors (Lipinski definition) is 3. The van der Waals surface area contributed by atoms with Gasteiger partial charge in [-0.3, -0.25) is 4.79 Å². The molecule has 27 heavy (non-hydrogen) atoms. The van der Waals surface area contributed by atoms with Gasteiger partial charge in [-0.2, -0.15) is 4.31 Å². The summed E-state index contributed by atoms with van der Waals surface area (Å²) in [6.07, 6.45) is 0. The molecule has 8 heteroatoms. The summed E-state index contributed by atoms with van der Waals surface area (Å²) in [6.45, 7) is 6.04. The largest absolute Gasteiger partial charge is 0.346 e. The Morgan fingerprint density at radius 3 is 2.26 bits per heavy atom. The highest BCUT2D eigenvalue weighted by Gasteiger charge is 2.22. The molecule has 1 amide bonds. The van der Waals surface area contributed by atoms with Crippen LogP contribution >= 0.6 is 11.6 Å². The van der Waals surface area contributed by atoms with Gasteiger partial charge in [-0.25, -0.2) is 12.8 Å². The van der Waals surface area contributed by atoms with Crippen molar-refractivity contribution >= 4 is 27.5 Å². The molecular weight excluding hydrogens is 391 g/mol. The van der Waals surface area contributed by atoms with Crippen molar-refractivity contribution in [3.8, 4) is 0 Å². The molecule has 0 fully saturated rings. The van der Waals surface area contributed by atoms with Gasteiger partial charge in [0.1, 0.15) is 5.82 Å². The van der Waals surface area contributed by atoms with Crippen molar-refractivity contribution in [1.29, 1.82) is 0 Å². The third-order valence-corrected chi connectivity index (χ3v) is 6.60. The predicted octanol–water partition coefficient (Wildman–Crippen LogP) is 4.00. The van der Waals surface area contributed by atoms with E-state index in [1.54, 1.807) is 26.8 Å². The summed E-state index contributed by atoms with van der Waals surface area (Å²) in [5.74, 6) is -0.890. The highest BCUT2D eigenvalue weighted by atomic mass is 35.5. The Morgan fingerprint density at radius 1 is 1.15 bits per heavy atom. The van der Waals surface area contributed by atoms with Gasteiger partial charge in [0.05, 0.1) is 16.0 Å². The Labute approximate surface area is 164 Å². The van der Waals surface area contributed by atoms with Crippen molar-refractivity contribution in [1.82, 2.24) is 9.62 Å². The molecule has 0 aliphatic rings. The molecule has 1 N–H and O–H groups in total.